The predicted octanol–water partition coefficient (Wildman–Crippen LogP) is 3.65. The van der Waals surface area contributed by atoms with E-state index in [-0.39, 0.29) is 0 Å². The van der Waals surface area contributed by atoms with E-state index in [2.05, 4.69) is 39.9 Å². The summed E-state index contributed by atoms with van der Waals surface area (Å²) in [6, 6.07) is 12.2. The van der Waals surface area contributed by atoms with E-state index >= 15 is 0 Å². The number of rotatable bonds is 0. The molecule has 0 spiro atoms. The number of carboxylic acid groups (broad SMARTS) is 1. The van der Waals surface area contributed by atoms with Crippen LogP contribution < -0.4 is 0 Å². The van der Waals surface area contributed by atoms with Gasteiger partial charge in [-0.2, -0.15) is 0 Å². The number of halogens is 1. The van der Waals surface area contributed by atoms with Gasteiger partial charge in [-0.15, -0.1) is 0 Å². The van der Waals surface area contributed by atoms with Crippen molar-refractivity contribution in [1.29, 1.82) is 0 Å². The van der Waals surface area contributed by atoms with Crippen molar-refractivity contribution >= 4 is 21.9 Å². The number of hydrogen-bond acceptors (Lipinski definition) is 1. The zero-order valence-corrected chi connectivity index (χ0v) is 12.2. The number of hydrogen-bond donors (Lipinski definition) is 1. The fraction of sp³-hybridized carbons (Fsp3) is 0.118. The quantitative estimate of drug-likeness (QED) is 0.750. The smallest absolute Gasteiger partial charge is 0.382 e. The molecule has 0 amide bonds. The third-order valence-electron chi connectivity index (χ3n) is 3.44. The number of aliphatic carboxylic acids is 1. The number of carbonyl (C=O) groups is 1. The first-order valence-corrected chi connectivity index (χ1v) is 7.09. The maximum Gasteiger partial charge on any atom is 0.382 e. The zero-order valence-electron chi connectivity index (χ0n) is 10.6. The molecule has 2 aromatic rings. The minimum atomic E-state index is -1.10. The van der Waals surface area contributed by atoms with Crippen LogP contribution in [0.25, 0.3) is 11.1 Å². The molecule has 0 heterocycles. The molecule has 0 saturated carbocycles. The first-order chi connectivity index (χ1) is 9.63. The molecule has 1 aliphatic carbocycles. The minimum absolute atomic E-state index is 0.756. The van der Waals surface area contributed by atoms with Crippen molar-refractivity contribution in [3.05, 3.63) is 57.6 Å². The molecule has 0 saturated heterocycles. The summed E-state index contributed by atoms with van der Waals surface area (Å²) in [6.45, 7) is 0. The highest BCUT2D eigenvalue weighted by Crippen LogP contribution is 2.35. The lowest BCUT2D eigenvalue weighted by Crippen LogP contribution is -2.04. The van der Waals surface area contributed by atoms with Crippen molar-refractivity contribution in [1.82, 2.24) is 0 Å². The van der Waals surface area contributed by atoms with Crippen LogP contribution in [0, 0.1) is 11.8 Å². The van der Waals surface area contributed by atoms with Crippen LogP contribution in [0.5, 0.6) is 0 Å². The number of benzene rings is 2. The van der Waals surface area contributed by atoms with E-state index in [0.29, 0.717) is 0 Å². The average molecular weight is 327 g/mol. The van der Waals surface area contributed by atoms with Crippen LogP contribution in [-0.2, 0) is 17.6 Å². The molecule has 1 N–H and O–H groups in total. The molecule has 0 aliphatic heterocycles. The van der Waals surface area contributed by atoms with Gasteiger partial charge in [-0.3, -0.25) is 0 Å². The Labute approximate surface area is 125 Å². The molecule has 0 bridgehead atoms. The molecule has 0 fully saturated rings. The second kappa shape index (κ2) is 5.15. The van der Waals surface area contributed by atoms with Gasteiger partial charge in [-0.1, -0.05) is 34.0 Å². The van der Waals surface area contributed by atoms with E-state index in [9.17, 15) is 4.79 Å². The minimum Gasteiger partial charge on any atom is -0.472 e. The zero-order chi connectivity index (χ0) is 14.1. The van der Waals surface area contributed by atoms with Crippen LogP contribution in [0.1, 0.15) is 16.7 Å². The van der Waals surface area contributed by atoms with E-state index in [0.717, 1.165) is 22.9 Å². The first-order valence-electron chi connectivity index (χ1n) is 6.30. The lowest BCUT2D eigenvalue weighted by Gasteiger charge is -2.20. The molecule has 0 radical (unpaired) electrons. The van der Waals surface area contributed by atoms with Crippen molar-refractivity contribution in [2.24, 2.45) is 0 Å². The normalized spacial score (nSPS) is 11.8. The van der Waals surface area contributed by atoms with Crippen LogP contribution in [0.3, 0.4) is 0 Å². The molecule has 2 aromatic carbocycles. The summed E-state index contributed by atoms with van der Waals surface area (Å²) in [6.07, 6.45) is 1.96. The van der Waals surface area contributed by atoms with Crippen molar-refractivity contribution in [2.75, 3.05) is 0 Å². The monoisotopic (exact) mass is 326 g/mol. The summed E-state index contributed by atoms with van der Waals surface area (Å²) in [7, 11) is 0. The molecular formula is C17H11BrO2. The highest BCUT2D eigenvalue weighted by atomic mass is 79.9. The van der Waals surface area contributed by atoms with Crippen LogP contribution in [0.4, 0.5) is 0 Å². The molecule has 0 unspecified atom stereocenters. The lowest BCUT2D eigenvalue weighted by molar-refractivity contribution is -0.130. The second-order valence-corrected chi connectivity index (χ2v) is 5.64. The molecule has 0 aromatic heterocycles. The van der Waals surface area contributed by atoms with Crippen molar-refractivity contribution < 1.29 is 9.90 Å². The Bertz CT molecular complexity index is 766. The molecule has 2 nitrogen and oxygen atoms in total. The Morgan fingerprint density at radius 1 is 1.05 bits per heavy atom. The van der Waals surface area contributed by atoms with Gasteiger partial charge in [-0.25, -0.2) is 4.79 Å². The maximum absolute atomic E-state index is 10.5. The summed E-state index contributed by atoms with van der Waals surface area (Å²) in [5, 5.41) is 8.59. The predicted molar refractivity (Wildman–Crippen MR) is 81.5 cm³/mol. The SMILES string of the molecule is O=C(O)C#Cc1ccc2c(c1)CCc1cc(Br)ccc1-2. The maximum atomic E-state index is 10.5. The van der Waals surface area contributed by atoms with Crippen molar-refractivity contribution in [3.63, 3.8) is 0 Å². The Morgan fingerprint density at radius 3 is 2.40 bits per heavy atom. The Kier molecular flexibility index (Phi) is 3.33. The topological polar surface area (TPSA) is 37.3 Å². The number of fused-ring (bicyclic) bond motifs is 3. The summed E-state index contributed by atoms with van der Waals surface area (Å²) in [5.74, 6) is 3.73. The van der Waals surface area contributed by atoms with Crippen LogP contribution in [-0.4, -0.2) is 11.1 Å². The van der Waals surface area contributed by atoms with E-state index in [1.54, 1.807) is 0 Å². The van der Waals surface area contributed by atoms with Crippen molar-refractivity contribution in [2.45, 2.75) is 12.8 Å². The van der Waals surface area contributed by atoms with E-state index in [1.165, 1.54) is 22.3 Å². The highest BCUT2D eigenvalue weighted by molar-refractivity contribution is 9.10. The third kappa shape index (κ3) is 2.48. The van der Waals surface area contributed by atoms with Crippen LogP contribution in [0.15, 0.2) is 40.9 Å². The Balaban J connectivity index is 2.06. The first kappa shape index (κ1) is 13.0. The summed E-state index contributed by atoms with van der Waals surface area (Å²) in [5.41, 5.74) is 5.81. The Morgan fingerprint density at radius 2 is 1.70 bits per heavy atom. The molecule has 3 rings (SSSR count). The summed E-state index contributed by atoms with van der Waals surface area (Å²) in [4.78, 5) is 10.5. The van der Waals surface area contributed by atoms with E-state index < -0.39 is 5.97 Å². The van der Waals surface area contributed by atoms with Crippen molar-refractivity contribution in [3.8, 4) is 23.0 Å². The van der Waals surface area contributed by atoms with Gasteiger partial charge in [0.2, 0.25) is 0 Å². The van der Waals surface area contributed by atoms with Gasteiger partial charge in [0.1, 0.15) is 0 Å². The lowest BCUT2D eigenvalue weighted by atomic mass is 9.85. The van der Waals surface area contributed by atoms with Gasteiger partial charge in [0.15, 0.2) is 0 Å². The number of carboxylic acids is 1. The fourth-order valence-electron chi connectivity index (χ4n) is 2.57. The molecule has 0 atom stereocenters. The summed E-state index contributed by atoms with van der Waals surface area (Å²) >= 11 is 3.50. The van der Waals surface area contributed by atoms with E-state index in [4.69, 9.17) is 5.11 Å². The van der Waals surface area contributed by atoms with Gasteiger partial charge >= 0.3 is 5.97 Å². The summed E-state index contributed by atoms with van der Waals surface area (Å²) < 4.78 is 1.10. The Hall–Kier alpha value is -2.05. The van der Waals surface area contributed by atoms with Gasteiger partial charge in [0.05, 0.1) is 0 Å². The second-order valence-electron chi connectivity index (χ2n) is 4.73. The molecule has 20 heavy (non-hydrogen) atoms. The third-order valence-corrected chi connectivity index (χ3v) is 3.93. The van der Waals surface area contributed by atoms with Gasteiger partial charge < -0.3 is 5.11 Å². The largest absolute Gasteiger partial charge is 0.472 e. The van der Waals surface area contributed by atoms with Crippen LogP contribution in [0.2, 0.25) is 0 Å². The average Bonchev–Trinajstić information content (AvgIpc) is 2.44. The standard InChI is InChI=1S/C17H11BrO2/c18-14-5-7-16-13(10-14)4-3-12-9-11(1-6-15(12)16)2-8-17(19)20/h1,5-7,9-10H,3-4H2,(H,19,20). The van der Waals surface area contributed by atoms with Gasteiger partial charge in [0.25, 0.3) is 0 Å². The molecule has 1 aliphatic rings. The molecule has 3 heteroatoms. The molecule has 98 valence electrons. The molecular weight excluding hydrogens is 316 g/mol. The van der Waals surface area contributed by atoms with Crippen LogP contribution >= 0.6 is 15.9 Å². The fourth-order valence-corrected chi connectivity index (χ4v) is 2.98. The van der Waals surface area contributed by atoms with E-state index in [1.807, 2.05) is 24.3 Å². The van der Waals surface area contributed by atoms with Gasteiger partial charge in [0, 0.05) is 16.0 Å². The van der Waals surface area contributed by atoms with Gasteiger partial charge in [-0.05, 0) is 59.4 Å². The number of aryl methyl sites for hydroxylation is 2. The highest BCUT2D eigenvalue weighted by Gasteiger charge is 2.16.